The van der Waals surface area contributed by atoms with Crippen molar-refractivity contribution in [3.05, 3.63) is 52.7 Å². The van der Waals surface area contributed by atoms with Crippen molar-refractivity contribution in [2.24, 2.45) is 7.05 Å². The molecule has 2 heterocycles. The summed E-state index contributed by atoms with van der Waals surface area (Å²) < 4.78 is 63.2. The van der Waals surface area contributed by atoms with E-state index in [9.17, 15) is 22.8 Å². The summed E-state index contributed by atoms with van der Waals surface area (Å²) in [4.78, 5) is 24.9. The Kier molecular flexibility index (Phi) is 5.76. The minimum atomic E-state index is -5.17. The molecule has 1 atom stereocenters. The van der Waals surface area contributed by atoms with E-state index >= 15 is 0 Å². The summed E-state index contributed by atoms with van der Waals surface area (Å²) in [7, 11) is 1.74. The van der Waals surface area contributed by atoms with E-state index in [0.717, 1.165) is 6.07 Å². The van der Waals surface area contributed by atoms with Crippen LogP contribution in [0, 0.1) is 6.92 Å². The van der Waals surface area contributed by atoms with Crippen LogP contribution < -0.4 is 19.5 Å². The maximum Gasteiger partial charge on any atom is 0.492 e. The van der Waals surface area contributed by atoms with Crippen LogP contribution in [0.15, 0.2) is 36.4 Å². The number of esters is 1. The number of aryl methyl sites for hydroxylation is 1. The van der Waals surface area contributed by atoms with Crippen molar-refractivity contribution in [1.29, 1.82) is 0 Å². The zero-order valence-electron chi connectivity index (χ0n) is 18.1. The van der Waals surface area contributed by atoms with Crippen LogP contribution >= 0.6 is 11.6 Å². The lowest BCUT2D eigenvalue weighted by Gasteiger charge is -2.29. The molecule has 0 fully saturated rings. The second kappa shape index (κ2) is 8.32. The zero-order valence-corrected chi connectivity index (χ0v) is 18.8. The number of benzene rings is 2. The third kappa shape index (κ3) is 3.96. The Hall–Kier alpha value is -3.60. The van der Waals surface area contributed by atoms with Crippen LogP contribution in [0.1, 0.15) is 23.0 Å². The number of aromatic nitrogens is 1. The Balaban J connectivity index is 1.61. The molecule has 1 N–H and O–H groups in total. The second-order valence-corrected chi connectivity index (χ2v) is 7.78. The van der Waals surface area contributed by atoms with Crippen molar-refractivity contribution in [3.8, 4) is 17.2 Å². The highest BCUT2D eigenvalue weighted by molar-refractivity contribution is 6.30. The van der Waals surface area contributed by atoms with Crippen LogP contribution in [0.2, 0.25) is 5.02 Å². The number of nitrogens with zero attached hydrogens (tertiary/aromatic N) is 1. The lowest BCUT2D eigenvalue weighted by Crippen LogP contribution is -2.65. The molecule has 1 amide bonds. The van der Waals surface area contributed by atoms with Crippen LogP contribution in [-0.2, 0) is 11.8 Å². The lowest BCUT2D eigenvalue weighted by atomic mass is 10.1. The Morgan fingerprint density at radius 1 is 1.15 bits per heavy atom. The minimum absolute atomic E-state index is 0.114. The molecule has 1 aromatic heterocycles. The maximum absolute atomic E-state index is 13.8. The predicted octanol–water partition coefficient (Wildman–Crippen LogP) is 5.09. The first-order valence-corrected chi connectivity index (χ1v) is 10.3. The molecule has 0 saturated carbocycles. The number of hydrogen-bond acceptors (Lipinski definition) is 6. The number of hydrogen-bond donors (Lipinski definition) is 1. The molecule has 1 aliphatic heterocycles. The van der Waals surface area contributed by atoms with Gasteiger partial charge < -0.3 is 23.5 Å². The van der Waals surface area contributed by atoms with Gasteiger partial charge in [0.2, 0.25) is 0 Å². The minimum Gasteiger partial charge on any atom is -0.462 e. The lowest BCUT2D eigenvalue weighted by molar-refractivity contribution is -0.318. The van der Waals surface area contributed by atoms with Gasteiger partial charge in [0, 0.05) is 34.7 Å². The highest BCUT2D eigenvalue weighted by Gasteiger charge is 2.66. The highest BCUT2D eigenvalue weighted by atomic mass is 35.5. The summed E-state index contributed by atoms with van der Waals surface area (Å²) in [6, 6.07) is 7.92. The third-order valence-corrected chi connectivity index (χ3v) is 5.44. The van der Waals surface area contributed by atoms with Gasteiger partial charge in [-0.15, -0.1) is 0 Å². The summed E-state index contributed by atoms with van der Waals surface area (Å²) in [5.41, 5.74) is 1.50. The van der Waals surface area contributed by atoms with E-state index in [0.29, 0.717) is 16.6 Å². The van der Waals surface area contributed by atoms with Crippen molar-refractivity contribution in [3.63, 3.8) is 0 Å². The number of alkyl halides is 3. The summed E-state index contributed by atoms with van der Waals surface area (Å²) in [5.74, 6) is -4.77. The number of nitrogens with one attached hydrogen (secondary N) is 1. The van der Waals surface area contributed by atoms with Crippen LogP contribution in [0.5, 0.6) is 17.2 Å². The first kappa shape index (κ1) is 23.6. The van der Waals surface area contributed by atoms with Gasteiger partial charge in [0.25, 0.3) is 0 Å². The topological polar surface area (TPSA) is 88.0 Å². The number of carbonyl (C=O) groups excluding carboxylic acids is 2. The molecule has 2 aromatic carbocycles. The predicted molar refractivity (Wildman–Crippen MR) is 114 cm³/mol. The molecule has 180 valence electrons. The van der Waals surface area contributed by atoms with Gasteiger partial charge in [-0.2, -0.15) is 13.2 Å². The Bertz CT molecular complexity index is 1310. The number of amides is 1. The smallest absolute Gasteiger partial charge is 0.462 e. The molecule has 1 unspecified atom stereocenters. The van der Waals surface area contributed by atoms with Crippen LogP contribution in [0.3, 0.4) is 0 Å². The van der Waals surface area contributed by atoms with Gasteiger partial charge in [0.15, 0.2) is 11.5 Å². The first-order valence-electron chi connectivity index (χ1n) is 9.96. The van der Waals surface area contributed by atoms with E-state index in [1.807, 2.05) is 0 Å². The molecule has 0 bridgehead atoms. The van der Waals surface area contributed by atoms with Gasteiger partial charge in [0.05, 0.1) is 12.2 Å². The van der Waals surface area contributed by atoms with E-state index in [1.165, 1.54) is 24.3 Å². The fraction of sp³-hybridized carbons (Fsp3) is 0.273. The molecule has 0 spiro atoms. The van der Waals surface area contributed by atoms with E-state index in [-0.39, 0.29) is 34.4 Å². The molecular formula is C22H18ClF3N2O6. The zero-order chi connectivity index (χ0) is 24.8. The van der Waals surface area contributed by atoms with E-state index < -0.39 is 24.1 Å². The van der Waals surface area contributed by atoms with Gasteiger partial charge in [-0.25, -0.2) is 14.9 Å². The molecule has 4 rings (SSSR count). The van der Waals surface area contributed by atoms with Crippen molar-refractivity contribution in [2.45, 2.75) is 25.9 Å². The summed E-state index contributed by atoms with van der Waals surface area (Å²) in [5, 5.41) is 2.12. The van der Waals surface area contributed by atoms with Crippen LogP contribution in [0.25, 0.3) is 10.9 Å². The molecule has 34 heavy (non-hydrogen) atoms. The SMILES string of the molecule is CCOC(=O)c1c(C)n(C)c2ccc(OC(=O)NC3(C(F)(F)F)Oc4ccc(Cl)cc4O3)cc12. The van der Waals surface area contributed by atoms with Crippen molar-refractivity contribution >= 4 is 34.6 Å². The fourth-order valence-corrected chi connectivity index (χ4v) is 3.72. The molecule has 0 radical (unpaired) electrons. The fourth-order valence-electron chi connectivity index (χ4n) is 3.56. The van der Waals surface area contributed by atoms with E-state index in [4.69, 9.17) is 30.5 Å². The van der Waals surface area contributed by atoms with Crippen LogP contribution in [-0.4, -0.2) is 35.3 Å². The van der Waals surface area contributed by atoms with Crippen molar-refractivity contribution in [1.82, 2.24) is 9.88 Å². The van der Waals surface area contributed by atoms with E-state index in [2.05, 4.69) is 0 Å². The van der Waals surface area contributed by atoms with Crippen molar-refractivity contribution in [2.75, 3.05) is 6.61 Å². The van der Waals surface area contributed by atoms with Crippen molar-refractivity contribution < 1.29 is 41.7 Å². The molecule has 8 nitrogen and oxygen atoms in total. The van der Waals surface area contributed by atoms with Gasteiger partial charge in [0.1, 0.15) is 5.75 Å². The number of carbonyl (C=O) groups is 2. The summed E-state index contributed by atoms with van der Waals surface area (Å²) >= 11 is 5.80. The Morgan fingerprint density at radius 3 is 2.53 bits per heavy atom. The number of fused-ring (bicyclic) bond motifs is 2. The molecular weight excluding hydrogens is 481 g/mol. The van der Waals surface area contributed by atoms with Gasteiger partial charge >= 0.3 is 24.1 Å². The van der Waals surface area contributed by atoms with Gasteiger partial charge in [-0.1, -0.05) is 11.6 Å². The highest BCUT2D eigenvalue weighted by Crippen LogP contribution is 2.46. The molecule has 1 aliphatic rings. The number of halogens is 4. The van der Waals surface area contributed by atoms with E-state index in [1.54, 1.807) is 36.8 Å². The quantitative estimate of drug-likeness (QED) is 0.504. The maximum atomic E-state index is 13.8. The molecule has 0 aliphatic carbocycles. The standard InChI is InChI=1S/C22H18ClF3N2O6/c1-4-31-19(29)18-11(2)28(3)15-7-6-13(10-14(15)18)32-20(30)27-22(21(24,25)26)33-16-8-5-12(23)9-17(16)34-22/h5-10H,4H2,1-3H3,(H,27,30). The summed E-state index contributed by atoms with van der Waals surface area (Å²) in [6.07, 6.45) is -6.67. The molecule has 12 heteroatoms. The third-order valence-electron chi connectivity index (χ3n) is 5.21. The van der Waals surface area contributed by atoms with Gasteiger partial charge in [-0.05, 0) is 44.2 Å². The largest absolute Gasteiger partial charge is 0.492 e. The normalized spacial score (nSPS) is 17.0. The first-order chi connectivity index (χ1) is 16.0. The number of ether oxygens (including phenoxy) is 4. The molecule has 3 aromatic rings. The average molecular weight is 499 g/mol. The van der Waals surface area contributed by atoms with Crippen LogP contribution in [0.4, 0.5) is 18.0 Å². The average Bonchev–Trinajstić information content (AvgIpc) is 3.23. The van der Waals surface area contributed by atoms with Gasteiger partial charge in [-0.3, -0.25) is 0 Å². The molecule has 0 saturated heterocycles. The number of rotatable bonds is 4. The second-order valence-electron chi connectivity index (χ2n) is 7.34. The Morgan fingerprint density at radius 2 is 1.85 bits per heavy atom. The summed E-state index contributed by atoms with van der Waals surface area (Å²) in [6.45, 7) is 3.53. The monoisotopic (exact) mass is 498 g/mol. The Labute approximate surface area is 196 Å².